The SMILES string of the molecule is CCN1CCCC1CNc1nc(NC)cn2ccnc12. The van der Waals surface area contributed by atoms with E-state index in [0.29, 0.717) is 6.04 Å². The third-order valence-corrected chi connectivity index (χ3v) is 4.04. The summed E-state index contributed by atoms with van der Waals surface area (Å²) in [6.45, 7) is 5.49. The molecule has 0 aliphatic carbocycles. The maximum absolute atomic E-state index is 4.58. The van der Waals surface area contributed by atoms with Gasteiger partial charge in [0.1, 0.15) is 5.82 Å². The standard InChI is InChI=1S/C14H22N6/c1-3-19-7-4-5-11(19)9-17-13-14-16-6-8-20(14)10-12(15-2)18-13/h6,8,10-11,15H,3-5,7,9H2,1-2H3,(H,17,18). The van der Waals surface area contributed by atoms with Crippen LogP contribution in [0.25, 0.3) is 5.65 Å². The molecule has 6 nitrogen and oxygen atoms in total. The third-order valence-electron chi connectivity index (χ3n) is 4.04. The molecule has 2 aromatic rings. The molecule has 3 heterocycles. The van der Waals surface area contributed by atoms with Crippen molar-refractivity contribution in [3.63, 3.8) is 0 Å². The Balaban J connectivity index is 1.78. The molecule has 1 aliphatic heterocycles. The lowest BCUT2D eigenvalue weighted by Gasteiger charge is -2.23. The van der Waals surface area contributed by atoms with E-state index >= 15 is 0 Å². The Hall–Kier alpha value is -1.82. The fourth-order valence-electron chi connectivity index (χ4n) is 2.93. The van der Waals surface area contributed by atoms with Gasteiger partial charge in [0.15, 0.2) is 11.5 Å². The van der Waals surface area contributed by atoms with Gasteiger partial charge in [-0.25, -0.2) is 9.97 Å². The molecule has 3 rings (SSSR count). The molecule has 0 spiro atoms. The summed E-state index contributed by atoms with van der Waals surface area (Å²) < 4.78 is 1.99. The average Bonchev–Trinajstić information content (AvgIpc) is 3.12. The molecule has 6 heteroatoms. The van der Waals surface area contributed by atoms with Gasteiger partial charge in [-0.15, -0.1) is 0 Å². The second kappa shape index (κ2) is 5.66. The zero-order chi connectivity index (χ0) is 13.9. The summed E-state index contributed by atoms with van der Waals surface area (Å²) in [5.74, 6) is 1.70. The first-order chi connectivity index (χ1) is 9.81. The first-order valence-corrected chi connectivity index (χ1v) is 7.31. The predicted octanol–water partition coefficient (Wildman–Crippen LogP) is 1.67. The molecule has 0 radical (unpaired) electrons. The molecular formula is C14H22N6. The molecule has 1 saturated heterocycles. The summed E-state index contributed by atoms with van der Waals surface area (Å²) in [6.07, 6.45) is 8.24. The van der Waals surface area contributed by atoms with E-state index in [4.69, 9.17) is 0 Å². The number of aromatic nitrogens is 3. The molecule has 2 N–H and O–H groups in total. The van der Waals surface area contributed by atoms with E-state index in [0.717, 1.165) is 30.4 Å². The van der Waals surface area contributed by atoms with Gasteiger partial charge in [0, 0.05) is 32.0 Å². The van der Waals surface area contributed by atoms with Crippen molar-refractivity contribution in [2.45, 2.75) is 25.8 Å². The van der Waals surface area contributed by atoms with Crippen molar-refractivity contribution in [2.24, 2.45) is 0 Å². The molecule has 1 aliphatic rings. The van der Waals surface area contributed by atoms with Crippen LogP contribution in [0.5, 0.6) is 0 Å². The van der Waals surface area contributed by atoms with Crippen LogP contribution in [0.15, 0.2) is 18.6 Å². The van der Waals surface area contributed by atoms with Crippen LogP contribution in [0.3, 0.4) is 0 Å². The molecule has 1 unspecified atom stereocenters. The second-order valence-corrected chi connectivity index (χ2v) is 5.19. The highest BCUT2D eigenvalue weighted by molar-refractivity contribution is 5.65. The highest BCUT2D eigenvalue weighted by Gasteiger charge is 2.23. The first-order valence-electron chi connectivity index (χ1n) is 7.31. The molecular weight excluding hydrogens is 252 g/mol. The van der Waals surface area contributed by atoms with E-state index in [9.17, 15) is 0 Å². The number of likely N-dealkylation sites (tertiary alicyclic amines) is 1. The topological polar surface area (TPSA) is 57.5 Å². The minimum absolute atomic E-state index is 0.607. The van der Waals surface area contributed by atoms with Crippen molar-refractivity contribution >= 4 is 17.3 Å². The summed E-state index contributed by atoms with van der Waals surface area (Å²) >= 11 is 0. The number of imidazole rings is 1. The Morgan fingerprint density at radius 2 is 2.35 bits per heavy atom. The Labute approximate surface area is 119 Å². The van der Waals surface area contributed by atoms with Gasteiger partial charge in [0.25, 0.3) is 0 Å². The van der Waals surface area contributed by atoms with Gasteiger partial charge in [0.2, 0.25) is 0 Å². The van der Waals surface area contributed by atoms with Crippen molar-refractivity contribution in [1.82, 2.24) is 19.3 Å². The van der Waals surface area contributed by atoms with Gasteiger partial charge in [0.05, 0.1) is 6.20 Å². The van der Waals surface area contributed by atoms with E-state index in [1.54, 1.807) is 6.20 Å². The normalized spacial score (nSPS) is 19.6. The van der Waals surface area contributed by atoms with Crippen LogP contribution in [-0.4, -0.2) is 52.0 Å². The van der Waals surface area contributed by atoms with Crippen LogP contribution in [0.4, 0.5) is 11.6 Å². The van der Waals surface area contributed by atoms with E-state index in [2.05, 4.69) is 32.4 Å². The monoisotopic (exact) mass is 274 g/mol. The number of nitrogens with zero attached hydrogens (tertiary/aromatic N) is 4. The fourth-order valence-corrected chi connectivity index (χ4v) is 2.93. The van der Waals surface area contributed by atoms with E-state index in [-0.39, 0.29) is 0 Å². The predicted molar refractivity (Wildman–Crippen MR) is 81.3 cm³/mol. The smallest absolute Gasteiger partial charge is 0.180 e. The van der Waals surface area contributed by atoms with E-state index in [1.165, 1.54) is 19.4 Å². The number of fused-ring (bicyclic) bond motifs is 1. The minimum Gasteiger partial charge on any atom is -0.372 e. The molecule has 20 heavy (non-hydrogen) atoms. The number of hydrogen-bond donors (Lipinski definition) is 2. The van der Waals surface area contributed by atoms with Crippen LogP contribution in [0, 0.1) is 0 Å². The molecule has 2 aromatic heterocycles. The summed E-state index contributed by atoms with van der Waals surface area (Å²) in [5, 5.41) is 6.57. The van der Waals surface area contributed by atoms with Crippen molar-refractivity contribution in [3.8, 4) is 0 Å². The van der Waals surface area contributed by atoms with Crippen LogP contribution in [-0.2, 0) is 0 Å². The lowest BCUT2D eigenvalue weighted by molar-refractivity contribution is 0.277. The minimum atomic E-state index is 0.607. The molecule has 0 amide bonds. The Morgan fingerprint density at radius 3 is 3.15 bits per heavy atom. The molecule has 0 saturated carbocycles. The second-order valence-electron chi connectivity index (χ2n) is 5.19. The number of anilines is 2. The van der Waals surface area contributed by atoms with E-state index in [1.807, 2.05) is 23.8 Å². The maximum atomic E-state index is 4.58. The fraction of sp³-hybridized carbons (Fsp3) is 0.571. The summed E-state index contributed by atoms with van der Waals surface area (Å²) in [4.78, 5) is 11.5. The molecule has 1 atom stereocenters. The summed E-state index contributed by atoms with van der Waals surface area (Å²) in [6, 6.07) is 0.607. The average molecular weight is 274 g/mol. The third kappa shape index (κ3) is 2.43. The van der Waals surface area contributed by atoms with Crippen LogP contribution in [0.1, 0.15) is 19.8 Å². The number of nitrogens with one attached hydrogen (secondary N) is 2. The molecule has 1 fully saturated rings. The van der Waals surface area contributed by atoms with Crippen LogP contribution < -0.4 is 10.6 Å². The quantitative estimate of drug-likeness (QED) is 0.868. The van der Waals surface area contributed by atoms with Gasteiger partial charge in [-0.2, -0.15) is 0 Å². The van der Waals surface area contributed by atoms with Gasteiger partial charge in [-0.1, -0.05) is 6.92 Å². The number of rotatable bonds is 5. The van der Waals surface area contributed by atoms with Crippen molar-refractivity contribution in [3.05, 3.63) is 18.6 Å². The Bertz CT molecular complexity index is 578. The van der Waals surface area contributed by atoms with Crippen molar-refractivity contribution in [1.29, 1.82) is 0 Å². The molecule has 108 valence electrons. The molecule has 0 bridgehead atoms. The van der Waals surface area contributed by atoms with Crippen molar-refractivity contribution in [2.75, 3.05) is 37.3 Å². The van der Waals surface area contributed by atoms with Crippen LogP contribution in [0.2, 0.25) is 0 Å². The number of hydrogen-bond acceptors (Lipinski definition) is 5. The summed E-state index contributed by atoms with van der Waals surface area (Å²) in [5.41, 5.74) is 0.880. The number of likely N-dealkylation sites (N-methyl/N-ethyl adjacent to an activating group) is 1. The van der Waals surface area contributed by atoms with Gasteiger partial charge >= 0.3 is 0 Å². The highest BCUT2D eigenvalue weighted by atomic mass is 15.2. The van der Waals surface area contributed by atoms with Gasteiger partial charge in [-0.3, -0.25) is 4.90 Å². The lowest BCUT2D eigenvalue weighted by atomic mass is 10.2. The zero-order valence-corrected chi connectivity index (χ0v) is 12.1. The van der Waals surface area contributed by atoms with Gasteiger partial charge < -0.3 is 15.0 Å². The maximum Gasteiger partial charge on any atom is 0.180 e. The largest absolute Gasteiger partial charge is 0.372 e. The Morgan fingerprint density at radius 1 is 1.45 bits per heavy atom. The Kier molecular flexibility index (Phi) is 3.73. The van der Waals surface area contributed by atoms with Gasteiger partial charge in [-0.05, 0) is 25.9 Å². The highest BCUT2D eigenvalue weighted by Crippen LogP contribution is 2.19. The van der Waals surface area contributed by atoms with E-state index < -0.39 is 0 Å². The van der Waals surface area contributed by atoms with Crippen LogP contribution >= 0.6 is 0 Å². The van der Waals surface area contributed by atoms with Crippen molar-refractivity contribution < 1.29 is 0 Å². The first kappa shape index (κ1) is 13.2. The summed E-state index contributed by atoms with van der Waals surface area (Å²) in [7, 11) is 1.88. The molecule has 0 aromatic carbocycles. The zero-order valence-electron chi connectivity index (χ0n) is 12.1. The lowest BCUT2D eigenvalue weighted by Crippen LogP contribution is -2.34.